The number of fused-ring (bicyclic) bond motifs is 2. The summed E-state index contributed by atoms with van der Waals surface area (Å²) in [6.07, 6.45) is 4.51. The molecule has 0 amide bonds. The second kappa shape index (κ2) is 5.44. The summed E-state index contributed by atoms with van der Waals surface area (Å²) in [5, 5.41) is 0. The molecule has 0 aromatic heterocycles. The van der Waals surface area contributed by atoms with Gasteiger partial charge in [0.15, 0.2) is 11.5 Å². The standard InChI is InChI=1S/C22H26N2O4/c1-5-11-9-24-14-8-22-17(24)6-12(11)13(14)10-28-21(22)23-19-15(25-2)7-16(26-3)20(27-4)18(19)22/h5,7,12-14,17H,6,8-10H2,1-4H3/b11-5-/t12-,13-,14-,17-,22-/m0/s1. The van der Waals surface area contributed by atoms with E-state index in [1.807, 2.05) is 6.07 Å². The summed E-state index contributed by atoms with van der Waals surface area (Å²) in [6, 6.07) is 2.79. The second-order valence-electron chi connectivity index (χ2n) is 8.57. The number of piperidine rings is 3. The Morgan fingerprint density at radius 1 is 1.21 bits per heavy atom. The Balaban J connectivity index is 1.62. The van der Waals surface area contributed by atoms with Gasteiger partial charge in [0.25, 0.3) is 0 Å². The van der Waals surface area contributed by atoms with Crippen LogP contribution < -0.4 is 14.2 Å². The lowest BCUT2D eigenvalue weighted by Crippen LogP contribution is -2.61. The van der Waals surface area contributed by atoms with E-state index >= 15 is 0 Å². The van der Waals surface area contributed by atoms with Crippen LogP contribution in [0, 0.1) is 11.8 Å². The number of ether oxygens (including phenoxy) is 4. The highest BCUT2D eigenvalue weighted by Gasteiger charge is 2.69. The molecule has 6 nitrogen and oxygen atoms in total. The van der Waals surface area contributed by atoms with E-state index in [9.17, 15) is 0 Å². The lowest BCUT2D eigenvalue weighted by atomic mass is 9.68. The van der Waals surface area contributed by atoms with Gasteiger partial charge in [-0.2, -0.15) is 0 Å². The molecule has 6 heterocycles. The summed E-state index contributed by atoms with van der Waals surface area (Å²) < 4.78 is 23.7. The summed E-state index contributed by atoms with van der Waals surface area (Å²) >= 11 is 0. The van der Waals surface area contributed by atoms with Crippen molar-refractivity contribution >= 4 is 11.6 Å². The van der Waals surface area contributed by atoms with Crippen LogP contribution in [0.3, 0.4) is 0 Å². The van der Waals surface area contributed by atoms with Crippen molar-refractivity contribution in [2.45, 2.75) is 37.3 Å². The predicted molar refractivity (Wildman–Crippen MR) is 105 cm³/mol. The molecule has 6 aliphatic heterocycles. The van der Waals surface area contributed by atoms with Crippen molar-refractivity contribution in [1.29, 1.82) is 0 Å². The zero-order valence-corrected chi connectivity index (χ0v) is 16.8. The van der Waals surface area contributed by atoms with E-state index in [0.29, 0.717) is 29.7 Å². The molecule has 5 saturated heterocycles. The van der Waals surface area contributed by atoms with Crippen LogP contribution in [-0.4, -0.2) is 57.4 Å². The van der Waals surface area contributed by atoms with Crippen molar-refractivity contribution in [3.05, 3.63) is 23.3 Å². The highest BCUT2D eigenvalue weighted by Crippen LogP contribution is 2.66. The third-order valence-electron chi connectivity index (χ3n) is 7.91. The molecule has 5 fully saturated rings. The third kappa shape index (κ3) is 1.68. The van der Waals surface area contributed by atoms with Crippen LogP contribution in [0.1, 0.15) is 25.3 Å². The van der Waals surface area contributed by atoms with Gasteiger partial charge in [-0.05, 0) is 25.7 Å². The van der Waals surface area contributed by atoms with Crippen LogP contribution in [-0.2, 0) is 10.2 Å². The van der Waals surface area contributed by atoms with Crippen molar-refractivity contribution in [2.75, 3.05) is 34.5 Å². The average Bonchev–Trinajstić information content (AvgIpc) is 3.10. The topological polar surface area (TPSA) is 52.5 Å². The van der Waals surface area contributed by atoms with Crippen LogP contribution in [0.25, 0.3) is 0 Å². The maximum atomic E-state index is 6.43. The van der Waals surface area contributed by atoms with Crippen molar-refractivity contribution < 1.29 is 18.9 Å². The molecule has 5 bridgehead atoms. The molecule has 0 radical (unpaired) electrons. The van der Waals surface area contributed by atoms with Gasteiger partial charge in [-0.3, -0.25) is 4.90 Å². The number of benzene rings is 1. The number of nitrogens with zero attached hydrogens (tertiary/aromatic N) is 2. The molecule has 6 heteroatoms. The van der Waals surface area contributed by atoms with Gasteiger partial charge >= 0.3 is 0 Å². The van der Waals surface area contributed by atoms with Crippen molar-refractivity contribution in [1.82, 2.24) is 4.90 Å². The quantitative estimate of drug-likeness (QED) is 0.752. The van der Waals surface area contributed by atoms with Gasteiger partial charge in [-0.1, -0.05) is 11.6 Å². The van der Waals surface area contributed by atoms with Gasteiger partial charge in [-0.25, -0.2) is 4.99 Å². The fourth-order valence-electron chi connectivity index (χ4n) is 6.81. The zero-order valence-electron chi connectivity index (χ0n) is 16.8. The summed E-state index contributed by atoms with van der Waals surface area (Å²) in [5.74, 6) is 4.21. The van der Waals surface area contributed by atoms with Crippen molar-refractivity contribution in [3.8, 4) is 17.2 Å². The number of rotatable bonds is 3. The maximum absolute atomic E-state index is 6.43. The van der Waals surface area contributed by atoms with Gasteiger partial charge in [0.05, 0.1) is 33.4 Å². The first kappa shape index (κ1) is 16.7. The molecular formula is C22H26N2O4. The van der Waals surface area contributed by atoms with Gasteiger partial charge in [-0.15, -0.1) is 0 Å². The Kier molecular flexibility index (Phi) is 3.25. The summed E-state index contributed by atoms with van der Waals surface area (Å²) in [5.41, 5.74) is 3.26. The van der Waals surface area contributed by atoms with Crippen LogP contribution in [0.5, 0.6) is 17.2 Å². The molecule has 7 rings (SSSR count). The molecule has 1 unspecified atom stereocenters. The highest BCUT2D eigenvalue weighted by atomic mass is 16.5. The highest BCUT2D eigenvalue weighted by molar-refractivity contribution is 6.01. The first-order valence-corrected chi connectivity index (χ1v) is 10.1. The Hall–Kier alpha value is -2.21. The Labute approximate surface area is 165 Å². The minimum Gasteiger partial charge on any atom is -0.494 e. The second-order valence-corrected chi connectivity index (χ2v) is 8.57. The lowest BCUT2D eigenvalue weighted by Gasteiger charge is -2.54. The molecular weight excluding hydrogens is 356 g/mol. The Morgan fingerprint density at radius 2 is 2.04 bits per heavy atom. The number of methoxy groups -OCH3 is 3. The summed E-state index contributed by atoms with van der Waals surface area (Å²) in [7, 11) is 5.07. The minimum absolute atomic E-state index is 0.268. The van der Waals surface area contributed by atoms with Crippen molar-refractivity contribution in [2.24, 2.45) is 16.8 Å². The number of aliphatic imine (C=N–C) groups is 1. The van der Waals surface area contributed by atoms with Crippen LogP contribution in [0.2, 0.25) is 0 Å². The Morgan fingerprint density at radius 3 is 2.75 bits per heavy atom. The molecule has 0 N–H and O–H groups in total. The normalized spacial score (nSPS) is 39.9. The van der Waals surface area contributed by atoms with Gasteiger partial charge in [0.2, 0.25) is 5.90 Å². The average molecular weight is 382 g/mol. The van der Waals surface area contributed by atoms with E-state index < -0.39 is 0 Å². The smallest absolute Gasteiger partial charge is 0.201 e. The van der Waals surface area contributed by atoms with E-state index in [2.05, 4.69) is 17.9 Å². The van der Waals surface area contributed by atoms with E-state index in [4.69, 9.17) is 23.9 Å². The molecule has 1 spiro atoms. The van der Waals surface area contributed by atoms with Crippen LogP contribution in [0.15, 0.2) is 22.7 Å². The van der Waals surface area contributed by atoms with E-state index in [1.165, 1.54) is 0 Å². The molecule has 0 aliphatic carbocycles. The summed E-state index contributed by atoms with van der Waals surface area (Å²) in [4.78, 5) is 7.71. The first-order valence-electron chi connectivity index (χ1n) is 10.1. The fraction of sp³-hybridized carbons (Fsp3) is 0.591. The van der Waals surface area contributed by atoms with E-state index in [0.717, 1.165) is 54.6 Å². The summed E-state index contributed by atoms with van der Waals surface area (Å²) in [6.45, 7) is 3.99. The number of allylic oxidation sites excluding steroid dienone is 1. The zero-order chi connectivity index (χ0) is 19.2. The predicted octanol–water partition coefficient (Wildman–Crippen LogP) is 3.06. The monoisotopic (exact) mass is 382 g/mol. The molecule has 28 heavy (non-hydrogen) atoms. The van der Waals surface area contributed by atoms with Crippen LogP contribution >= 0.6 is 0 Å². The van der Waals surface area contributed by atoms with Gasteiger partial charge < -0.3 is 18.9 Å². The minimum atomic E-state index is -0.268. The van der Waals surface area contributed by atoms with E-state index in [-0.39, 0.29) is 5.41 Å². The van der Waals surface area contributed by atoms with Gasteiger partial charge in [0.1, 0.15) is 11.4 Å². The third-order valence-corrected chi connectivity index (χ3v) is 7.91. The van der Waals surface area contributed by atoms with Gasteiger partial charge in [0, 0.05) is 36.2 Å². The molecule has 6 aliphatic rings. The molecule has 1 aromatic carbocycles. The largest absolute Gasteiger partial charge is 0.494 e. The molecule has 1 aromatic rings. The van der Waals surface area contributed by atoms with Crippen molar-refractivity contribution in [3.63, 3.8) is 0 Å². The van der Waals surface area contributed by atoms with Crippen LogP contribution in [0.4, 0.5) is 5.69 Å². The number of hydrogen-bond donors (Lipinski definition) is 0. The maximum Gasteiger partial charge on any atom is 0.201 e. The van der Waals surface area contributed by atoms with E-state index in [1.54, 1.807) is 26.9 Å². The molecule has 0 saturated carbocycles. The lowest BCUT2D eigenvalue weighted by molar-refractivity contribution is -0.0152. The fourth-order valence-corrected chi connectivity index (χ4v) is 6.81. The SMILES string of the molecule is C/C=C1/CN2[C@H]3C[C@@H]1[C@@H]1COC4=Nc5c(OC)cc(OC)c(OC)c5[C@@]43C[C@@H]12. The first-order chi connectivity index (χ1) is 13.7. The number of hydrogen-bond acceptors (Lipinski definition) is 6. The Bertz CT molecular complexity index is 939. The molecule has 6 atom stereocenters. The molecule has 148 valence electrons.